The summed E-state index contributed by atoms with van der Waals surface area (Å²) in [5.41, 5.74) is 1.30. The summed E-state index contributed by atoms with van der Waals surface area (Å²) in [6.45, 7) is 6.54. The number of hydrogen-bond donors (Lipinski definition) is 2. The van der Waals surface area contributed by atoms with Gasteiger partial charge in [0.2, 0.25) is 0 Å². The molecule has 0 spiro atoms. The molecule has 1 aliphatic rings. The first-order chi connectivity index (χ1) is 9.75. The summed E-state index contributed by atoms with van der Waals surface area (Å²) >= 11 is 0. The highest BCUT2D eigenvalue weighted by Gasteiger charge is 2.18. The van der Waals surface area contributed by atoms with Crippen LogP contribution in [0.2, 0.25) is 0 Å². The van der Waals surface area contributed by atoms with Crippen molar-refractivity contribution in [3.8, 4) is 0 Å². The number of likely N-dealkylation sites (tertiary alicyclic amines) is 1. The van der Waals surface area contributed by atoms with E-state index in [9.17, 15) is 5.11 Å². The van der Waals surface area contributed by atoms with Crippen molar-refractivity contribution in [2.75, 3.05) is 32.8 Å². The zero-order valence-electron chi connectivity index (χ0n) is 12.6. The lowest BCUT2D eigenvalue weighted by Gasteiger charge is -2.25. The molecule has 2 atom stereocenters. The summed E-state index contributed by atoms with van der Waals surface area (Å²) in [7, 11) is 0. The van der Waals surface area contributed by atoms with Crippen LogP contribution in [-0.2, 0) is 4.74 Å². The fourth-order valence-corrected chi connectivity index (χ4v) is 2.91. The number of hydrogen-bond acceptors (Lipinski definition) is 2. The SMILES string of the molecule is C[C@@H](COC[C@@H](O)C[NH+]1CCCCC1)c1ccccc1. The lowest BCUT2D eigenvalue weighted by Crippen LogP contribution is -3.14. The fraction of sp³-hybridized carbons (Fsp3) is 0.647. The lowest BCUT2D eigenvalue weighted by molar-refractivity contribution is -0.908. The summed E-state index contributed by atoms with van der Waals surface area (Å²) < 4.78 is 5.69. The van der Waals surface area contributed by atoms with Crippen LogP contribution in [0.3, 0.4) is 0 Å². The number of aliphatic hydroxyl groups excluding tert-OH is 1. The first kappa shape index (κ1) is 15.5. The molecule has 3 heteroatoms. The Hall–Kier alpha value is -0.900. The zero-order valence-corrected chi connectivity index (χ0v) is 12.6. The van der Waals surface area contributed by atoms with Crippen LogP contribution in [0.5, 0.6) is 0 Å². The topological polar surface area (TPSA) is 33.9 Å². The lowest BCUT2D eigenvalue weighted by atomic mass is 10.0. The molecule has 20 heavy (non-hydrogen) atoms. The third kappa shape index (κ3) is 5.23. The van der Waals surface area contributed by atoms with Gasteiger partial charge in [-0.1, -0.05) is 37.3 Å². The molecule has 112 valence electrons. The Kier molecular flexibility index (Phi) is 6.51. The smallest absolute Gasteiger partial charge is 0.126 e. The molecule has 0 bridgehead atoms. The van der Waals surface area contributed by atoms with E-state index in [1.807, 2.05) is 6.07 Å². The van der Waals surface area contributed by atoms with Crippen molar-refractivity contribution in [1.29, 1.82) is 0 Å². The maximum Gasteiger partial charge on any atom is 0.126 e. The molecule has 1 aromatic rings. The molecule has 0 radical (unpaired) electrons. The second kappa shape index (κ2) is 8.40. The van der Waals surface area contributed by atoms with Crippen LogP contribution in [0.25, 0.3) is 0 Å². The normalized spacial score (nSPS) is 19.7. The fourth-order valence-electron chi connectivity index (χ4n) is 2.91. The van der Waals surface area contributed by atoms with Crippen molar-refractivity contribution in [1.82, 2.24) is 0 Å². The van der Waals surface area contributed by atoms with Crippen LogP contribution in [-0.4, -0.2) is 44.1 Å². The molecule has 0 unspecified atom stereocenters. The third-order valence-corrected chi connectivity index (χ3v) is 4.13. The second-order valence-corrected chi connectivity index (χ2v) is 6.02. The van der Waals surface area contributed by atoms with Gasteiger partial charge in [0.1, 0.15) is 12.6 Å². The molecule has 0 aromatic heterocycles. The van der Waals surface area contributed by atoms with Gasteiger partial charge >= 0.3 is 0 Å². The number of rotatable bonds is 7. The minimum Gasteiger partial charge on any atom is -0.385 e. The first-order valence-corrected chi connectivity index (χ1v) is 7.90. The Bertz CT molecular complexity index is 363. The number of ether oxygens (including phenoxy) is 1. The van der Waals surface area contributed by atoms with Crippen LogP contribution < -0.4 is 4.90 Å². The van der Waals surface area contributed by atoms with Crippen LogP contribution in [0.4, 0.5) is 0 Å². The molecule has 1 aliphatic heterocycles. The van der Waals surface area contributed by atoms with Crippen LogP contribution in [0, 0.1) is 0 Å². The van der Waals surface area contributed by atoms with Gasteiger partial charge in [0.05, 0.1) is 26.3 Å². The van der Waals surface area contributed by atoms with E-state index in [-0.39, 0.29) is 6.10 Å². The van der Waals surface area contributed by atoms with Crippen LogP contribution in [0.15, 0.2) is 30.3 Å². The van der Waals surface area contributed by atoms with Crippen LogP contribution in [0.1, 0.15) is 37.7 Å². The third-order valence-electron chi connectivity index (χ3n) is 4.13. The number of nitrogens with one attached hydrogen (secondary N) is 1. The largest absolute Gasteiger partial charge is 0.385 e. The molecular weight excluding hydrogens is 250 g/mol. The Morgan fingerprint density at radius 2 is 1.80 bits per heavy atom. The van der Waals surface area contributed by atoms with E-state index in [1.54, 1.807) is 0 Å². The van der Waals surface area contributed by atoms with E-state index in [2.05, 4.69) is 31.2 Å². The Labute approximate surface area is 122 Å². The molecule has 2 N–H and O–H groups in total. The minimum atomic E-state index is -0.328. The molecule has 1 fully saturated rings. The quantitative estimate of drug-likeness (QED) is 0.787. The van der Waals surface area contributed by atoms with Gasteiger partial charge in [0.25, 0.3) is 0 Å². The Balaban J connectivity index is 1.62. The second-order valence-electron chi connectivity index (χ2n) is 6.02. The number of benzene rings is 1. The van der Waals surface area contributed by atoms with E-state index in [0.717, 1.165) is 6.54 Å². The Morgan fingerprint density at radius 3 is 2.50 bits per heavy atom. The minimum absolute atomic E-state index is 0.328. The summed E-state index contributed by atoms with van der Waals surface area (Å²) in [6.07, 6.45) is 3.62. The molecule has 0 amide bonds. The summed E-state index contributed by atoms with van der Waals surface area (Å²) in [4.78, 5) is 1.53. The highest BCUT2D eigenvalue weighted by Crippen LogP contribution is 2.14. The van der Waals surface area contributed by atoms with Gasteiger partial charge in [-0.25, -0.2) is 0 Å². The van der Waals surface area contributed by atoms with E-state index in [1.165, 1.54) is 42.8 Å². The monoisotopic (exact) mass is 278 g/mol. The molecule has 0 aliphatic carbocycles. The molecule has 2 rings (SSSR count). The van der Waals surface area contributed by atoms with Crippen molar-refractivity contribution >= 4 is 0 Å². The van der Waals surface area contributed by atoms with Gasteiger partial charge in [-0.2, -0.15) is 0 Å². The van der Waals surface area contributed by atoms with Gasteiger partial charge < -0.3 is 14.7 Å². The highest BCUT2D eigenvalue weighted by atomic mass is 16.5. The summed E-state index contributed by atoms with van der Waals surface area (Å²) in [6, 6.07) is 10.4. The predicted molar refractivity (Wildman–Crippen MR) is 81.1 cm³/mol. The van der Waals surface area contributed by atoms with Crippen molar-refractivity contribution in [3.63, 3.8) is 0 Å². The van der Waals surface area contributed by atoms with E-state index >= 15 is 0 Å². The van der Waals surface area contributed by atoms with Crippen LogP contribution >= 0.6 is 0 Å². The molecule has 1 saturated heterocycles. The summed E-state index contributed by atoms with van der Waals surface area (Å²) in [5, 5.41) is 10.0. The van der Waals surface area contributed by atoms with Gasteiger partial charge in [-0.15, -0.1) is 0 Å². The van der Waals surface area contributed by atoms with Gasteiger partial charge in [0.15, 0.2) is 0 Å². The number of aliphatic hydroxyl groups is 1. The first-order valence-electron chi connectivity index (χ1n) is 7.90. The van der Waals surface area contributed by atoms with Crippen molar-refractivity contribution < 1.29 is 14.7 Å². The molecule has 1 aromatic carbocycles. The average molecular weight is 278 g/mol. The molecular formula is C17H28NO2+. The average Bonchev–Trinajstić information content (AvgIpc) is 2.49. The molecule has 3 nitrogen and oxygen atoms in total. The predicted octanol–water partition coefficient (Wildman–Crippen LogP) is 1.24. The zero-order chi connectivity index (χ0) is 14.2. The van der Waals surface area contributed by atoms with Crippen molar-refractivity contribution in [2.45, 2.75) is 38.2 Å². The molecule has 0 saturated carbocycles. The standard InChI is InChI=1S/C17H27NO2/c1-15(16-8-4-2-5-9-16)13-20-14-17(19)12-18-10-6-3-7-11-18/h2,4-5,8-9,15,17,19H,3,6-7,10-14H2,1H3/p+1/t15-,17-/m0/s1. The number of piperidine rings is 1. The van der Waals surface area contributed by atoms with E-state index in [4.69, 9.17) is 4.74 Å². The van der Waals surface area contributed by atoms with Gasteiger partial charge in [-0.3, -0.25) is 0 Å². The van der Waals surface area contributed by atoms with Gasteiger partial charge in [0, 0.05) is 5.92 Å². The highest BCUT2D eigenvalue weighted by molar-refractivity contribution is 5.18. The maximum atomic E-state index is 10.0. The van der Waals surface area contributed by atoms with E-state index < -0.39 is 0 Å². The number of quaternary nitrogens is 1. The summed E-state index contributed by atoms with van der Waals surface area (Å²) in [5.74, 6) is 0.380. The van der Waals surface area contributed by atoms with E-state index in [0.29, 0.717) is 19.1 Å². The maximum absolute atomic E-state index is 10.0. The van der Waals surface area contributed by atoms with Crippen molar-refractivity contribution in [2.24, 2.45) is 0 Å². The van der Waals surface area contributed by atoms with Crippen molar-refractivity contribution in [3.05, 3.63) is 35.9 Å². The molecule has 1 heterocycles. The Morgan fingerprint density at radius 1 is 1.10 bits per heavy atom. The van der Waals surface area contributed by atoms with Gasteiger partial charge in [-0.05, 0) is 24.8 Å².